The van der Waals surface area contributed by atoms with Gasteiger partial charge < -0.3 is 18.8 Å². The summed E-state index contributed by atoms with van der Waals surface area (Å²) in [6.07, 6.45) is 1.30. The molecule has 6 heteroatoms. The van der Waals surface area contributed by atoms with Crippen LogP contribution in [0.15, 0.2) is 29.0 Å². The summed E-state index contributed by atoms with van der Waals surface area (Å²) in [7, 11) is 3.19. The van der Waals surface area contributed by atoms with Crippen molar-refractivity contribution in [2.75, 3.05) is 14.2 Å². The molecule has 20 heavy (non-hydrogen) atoms. The first kappa shape index (κ1) is 12.5. The van der Waals surface area contributed by atoms with Crippen molar-refractivity contribution in [1.82, 2.24) is 9.88 Å². The van der Waals surface area contributed by atoms with Crippen molar-refractivity contribution in [2.45, 2.75) is 13.1 Å². The Kier molecular flexibility index (Phi) is 3.06. The molecule has 0 bridgehead atoms. The number of benzene rings is 1. The first-order valence-corrected chi connectivity index (χ1v) is 6.15. The number of hydrogen-bond acceptors (Lipinski definition) is 5. The number of aromatic nitrogens is 1. The van der Waals surface area contributed by atoms with Crippen LogP contribution in [0.25, 0.3) is 0 Å². The van der Waals surface area contributed by atoms with Crippen molar-refractivity contribution in [3.8, 4) is 11.5 Å². The molecule has 2 heterocycles. The molecular weight excluding hydrogens is 260 g/mol. The summed E-state index contributed by atoms with van der Waals surface area (Å²) in [6, 6.07) is 5.53. The van der Waals surface area contributed by atoms with Crippen LogP contribution in [0.1, 0.15) is 21.8 Å². The molecular formula is C14H14N2O4. The van der Waals surface area contributed by atoms with E-state index in [0.717, 1.165) is 5.56 Å². The number of ether oxygens (including phenoxy) is 2. The second-order valence-electron chi connectivity index (χ2n) is 4.47. The van der Waals surface area contributed by atoms with E-state index in [9.17, 15) is 4.79 Å². The fraction of sp³-hybridized carbons (Fsp3) is 0.286. The summed E-state index contributed by atoms with van der Waals surface area (Å²) in [6.45, 7) is 0.901. The fourth-order valence-electron chi connectivity index (χ4n) is 2.27. The quantitative estimate of drug-likeness (QED) is 0.851. The van der Waals surface area contributed by atoms with Gasteiger partial charge in [-0.2, -0.15) is 0 Å². The molecule has 1 aromatic carbocycles. The lowest BCUT2D eigenvalue weighted by molar-refractivity contribution is 0.0737. The molecule has 1 amide bonds. The van der Waals surface area contributed by atoms with Gasteiger partial charge in [0.25, 0.3) is 5.91 Å². The number of methoxy groups -OCH3 is 2. The van der Waals surface area contributed by atoms with E-state index in [2.05, 4.69) is 4.98 Å². The molecule has 0 radical (unpaired) electrons. The Bertz CT molecular complexity index is 650. The number of amides is 1. The van der Waals surface area contributed by atoms with E-state index in [1.54, 1.807) is 25.2 Å². The molecule has 0 N–H and O–H groups in total. The number of nitrogens with zero attached hydrogens (tertiary/aromatic N) is 2. The molecule has 0 aliphatic carbocycles. The average Bonchev–Trinajstić information content (AvgIpc) is 3.04. The number of carbonyl (C=O) groups is 1. The molecule has 1 aliphatic heterocycles. The largest absolute Gasteiger partial charge is 0.497 e. The second-order valence-corrected chi connectivity index (χ2v) is 4.47. The van der Waals surface area contributed by atoms with Crippen LogP contribution < -0.4 is 9.47 Å². The average molecular weight is 274 g/mol. The standard InChI is InChI=1S/C14H14N2O4/c1-18-10-4-3-9(12(5-10)19-2)6-16-7-11-13(14(16)17)20-8-15-11/h3-5,8H,6-7H2,1-2H3. The summed E-state index contributed by atoms with van der Waals surface area (Å²) >= 11 is 0. The predicted octanol–water partition coefficient (Wildman–Crippen LogP) is 1.85. The second kappa shape index (κ2) is 4.88. The Morgan fingerprint density at radius 1 is 1.35 bits per heavy atom. The Hall–Kier alpha value is -2.50. The zero-order chi connectivity index (χ0) is 14.1. The molecule has 0 fully saturated rings. The van der Waals surface area contributed by atoms with Crippen molar-refractivity contribution in [2.24, 2.45) is 0 Å². The maximum absolute atomic E-state index is 12.1. The third kappa shape index (κ3) is 1.99. The van der Waals surface area contributed by atoms with Crippen LogP contribution in [-0.4, -0.2) is 30.0 Å². The van der Waals surface area contributed by atoms with Gasteiger partial charge in [0.1, 0.15) is 17.2 Å². The van der Waals surface area contributed by atoms with E-state index in [1.165, 1.54) is 6.39 Å². The minimum Gasteiger partial charge on any atom is -0.497 e. The molecule has 0 spiro atoms. The predicted molar refractivity (Wildman–Crippen MR) is 69.6 cm³/mol. The maximum Gasteiger partial charge on any atom is 0.292 e. The van der Waals surface area contributed by atoms with Gasteiger partial charge >= 0.3 is 0 Å². The molecule has 2 aromatic rings. The van der Waals surface area contributed by atoms with Gasteiger partial charge in [0, 0.05) is 11.6 Å². The van der Waals surface area contributed by atoms with Crippen molar-refractivity contribution < 1.29 is 18.7 Å². The monoisotopic (exact) mass is 274 g/mol. The van der Waals surface area contributed by atoms with Crippen LogP contribution in [-0.2, 0) is 13.1 Å². The first-order chi connectivity index (χ1) is 9.72. The van der Waals surface area contributed by atoms with Gasteiger partial charge in [0.2, 0.25) is 5.76 Å². The zero-order valence-corrected chi connectivity index (χ0v) is 11.3. The normalized spacial score (nSPS) is 13.5. The highest BCUT2D eigenvalue weighted by atomic mass is 16.5. The number of oxazole rings is 1. The van der Waals surface area contributed by atoms with Gasteiger partial charge in [-0.1, -0.05) is 0 Å². The minimum absolute atomic E-state index is 0.143. The molecule has 6 nitrogen and oxygen atoms in total. The number of fused-ring (bicyclic) bond motifs is 1. The number of hydrogen-bond donors (Lipinski definition) is 0. The van der Waals surface area contributed by atoms with Gasteiger partial charge in [-0.25, -0.2) is 4.98 Å². The van der Waals surface area contributed by atoms with E-state index in [4.69, 9.17) is 13.9 Å². The summed E-state index contributed by atoms with van der Waals surface area (Å²) in [5.74, 6) is 1.59. The highest BCUT2D eigenvalue weighted by molar-refractivity contribution is 5.94. The van der Waals surface area contributed by atoms with Gasteiger partial charge in [0.15, 0.2) is 6.39 Å². The minimum atomic E-state index is -0.143. The van der Waals surface area contributed by atoms with Crippen molar-refractivity contribution >= 4 is 5.91 Å². The summed E-state index contributed by atoms with van der Waals surface area (Å²) in [5.41, 5.74) is 1.59. The van der Waals surface area contributed by atoms with E-state index in [-0.39, 0.29) is 5.91 Å². The van der Waals surface area contributed by atoms with Crippen LogP contribution in [0.4, 0.5) is 0 Å². The smallest absolute Gasteiger partial charge is 0.292 e. The maximum atomic E-state index is 12.1. The van der Waals surface area contributed by atoms with Crippen LogP contribution >= 0.6 is 0 Å². The summed E-state index contributed by atoms with van der Waals surface area (Å²) < 4.78 is 15.6. The highest BCUT2D eigenvalue weighted by Crippen LogP contribution is 2.29. The van der Waals surface area contributed by atoms with Gasteiger partial charge in [-0.15, -0.1) is 0 Å². The molecule has 1 aromatic heterocycles. The van der Waals surface area contributed by atoms with E-state index in [0.29, 0.717) is 36.0 Å². The molecule has 0 saturated carbocycles. The van der Waals surface area contributed by atoms with E-state index < -0.39 is 0 Å². The molecule has 104 valence electrons. The van der Waals surface area contributed by atoms with E-state index in [1.807, 2.05) is 12.1 Å². The number of rotatable bonds is 4. The lowest BCUT2D eigenvalue weighted by atomic mass is 10.2. The van der Waals surface area contributed by atoms with Gasteiger partial charge in [0.05, 0.1) is 27.3 Å². The lowest BCUT2D eigenvalue weighted by Gasteiger charge is -2.17. The zero-order valence-electron chi connectivity index (χ0n) is 11.3. The van der Waals surface area contributed by atoms with Gasteiger partial charge in [-0.3, -0.25) is 4.79 Å². The highest BCUT2D eigenvalue weighted by Gasteiger charge is 2.32. The Morgan fingerprint density at radius 2 is 2.20 bits per heavy atom. The first-order valence-electron chi connectivity index (χ1n) is 6.15. The number of carbonyl (C=O) groups excluding carboxylic acids is 1. The topological polar surface area (TPSA) is 64.8 Å². The van der Waals surface area contributed by atoms with Gasteiger partial charge in [-0.05, 0) is 12.1 Å². The molecule has 0 atom stereocenters. The molecule has 0 saturated heterocycles. The fourth-order valence-corrected chi connectivity index (χ4v) is 2.27. The van der Waals surface area contributed by atoms with E-state index >= 15 is 0 Å². The van der Waals surface area contributed by atoms with Crippen LogP contribution in [0.3, 0.4) is 0 Å². The lowest BCUT2D eigenvalue weighted by Crippen LogP contribution is -2.23. The third-order valence-electron chi connectivity index (χ3n) is 3.32. The van der Waals surface area contributed by atoms with Crippen molar-refractivity contribution in [3.63, 3.8) is 0 Å². The van der Waals surface area contributed by atoms with Crippen molar-refractivity contribution in [1.29, 1.82) is 0 Å². The van der Waals surface area contributed by atoms with Crippen molar-refractivity contribution in [3.05, 3.63) is 41.6 Å². The summed E-state index contributed by atoms with van der Waals surface area (Å²) in [4.78, 5) is 17.8. The Balaban J connectivity index is 1.82. The van der Waals surface area contributed by atoms with Crippen LogP contribution in [0, 0.1) is 0 Å². The van der Waals surface area contributed by atoms with Crippen LogP contribution in [0.5, 0.6) is 11.5 Å². The Morgan fingerprint density at radius 3 is 2.90 bits per heavy atom. The molecule has 1 aliphatic rings. The molecule has 0 unspecified atom stereocenters. The third-order valence-corrected chi connectivity index (χ3v) is 3.32. The Labute approximate surface area is 115 Å². The summed E-state index contributed by atoms with van der Waals surface area (Å²) in [5, 5.41) is 0. The molecule has 3 rings (SSSR count). The SMILES string of the molecule is COc1ccc(CN2Cc3ncoc3C2=O)c(OC)c1. The van der Waals surface area contributed by atoms with Crippen LogP contribution in [0.2, 0.25) is 0 Å².